The number of likely N-dealkylation sites (tertiary alicyclic amines) is 1. The van der Waals surface area contributed by atoms with Gasteiger partial charge in [0.05, 0.1) is 46.2 Å². The molecule has 6 heterocycles. The first-order valence-electron chi connectivity index (χ1n) is 24.9. The number of carbonyl (C=O) groups excluding carboxylic acids is 6. The number of aryl methyl sites for hydroxylation is 2. The number of β-amino-alcohol motifs (C(OH)–C–C–N with tert-alkyl or cyclic N) is 1. The van der Waals surface area contributed by atoms with Crippen molar-refractivity contribution in [1.82, 2.24) is 50.3 Å². The van der Waals surface area contributed by atoms with Gasteiger partial charge in [-0.15, -0.1) is 11.3 Å². The van der Waals surface area contributed by atoms with Crippen molar-refractivity contribution < 1.29 is 33.9 Å². The van der Waals surface area contributed by atoms with Crippen LogP contribution in [-0.4, -0.2) is 132 Å². The van der Waals surface area contributed by atoms with Crippen LogP contribution in [0.25, 0.3) is 21.5 Å². The molecule has 0 spiro atoms. The Bertz CT molecular complexity index is 2940. The van der Waals surface area contributed by atoms with E-state index in [9.17, 15) is 38.7 Å². The first-order valence-corrected chi connectivity index (χ1v) is 25.7. The highest BCUT2D eigenvalue weighted by Crippen LogP contribution is 2.33. The molecule has 0 radical (unpaired) electrons. The zero-order chi connectivity index (χ0) is 52.1. The zero-order valence-electron chi connectivity index (χ0n) is 42.2. The van der Waals surface area contributed by atoms with Gasteiger partial charge in [-0.25, -0.2) is 15.0 Å². The van der Waals surface area contributed by atoms with E-state index in [1.54, 1.807) is 72.5 Å². The number of fused-ring (bicyclic) bond motifs is 1. The number of benzene rings is 1. The minimum atomic E-state index is -1.07. The molecule has 3 fully saturated rings. The largest absolute Gasteiger partial charge is 0.391 e. The standard InChI is InChI=1S/C52H64N12O8S/c1-30-38-26-56-51(60-47(38)64(35-9-7-8-10-35)49(71)44(30)32(3)65)58-40-16-15-36(25-53-40)61-19-21-62(22-20-61)43(69)18-17-41(67)54-27-42(68)59-46(52(4,5)6)50(72)63-28-37(66)23-39(63)48(70)55-24-33-11-13-34(14-12-33)45-31(2)57-29-73-45/h11-16,25-26,29,35,37,39,46,66H,7-10,17-24,27-28H2,1-6H3,(H,54,67)(H,55,70)(H,59,68)(H,53,56,58,60)/t37-,39+,46-/m1/s1. The molecule has 1 aliphatic carbocycles. The lowest BCUT2D eigenvalue weighted by Crippen LogP contribution is -2.58. The van der Waals surface area contributed by atoms with E-state index in [2.05, 4.69) is 41.1 Å². The maximum atomic E-state index is 14.1. The summed E-state index contributed by atoms with van der Waals surface area (Å²) in [5, 5.41) is 22.6. The van der Waals surface area contributed by atoms with E-state index in [0.29, 0.717) is 48.6 Å². The van der Waals surface area contributed by atoms with Crippen molar-refractivity contribution in [3.8, 4) is 10.4 Å². The molecule has 4 aromatic heterocycles. The van der Waals surface area contributed by atoms with Crippen LogP contribution in [0.15, 0.2) is 59.1 Å². The van der Waals surface area contributed by atoms with Gasteiger partial charge >= 0.3 is 0 Å². The molecular formula is C52H64N12O8S. The van der Waals surface area contributed by atoms with Crippen molar-refractivity contribution in [2.45, 2.75) is 117 Å². The van der Waals surface area contributed by atoms with Gasteiger partial charge in [0.25, 0.3) is 5.56 Å². The number of amides is 5. The number of hydrogen-bond donors (Lipinski definition) is 5. The Hall–Kier alpha value is -7.13. The predicted molar refractivity (Wildman–Crippen MR) is 276 cm³/mol. The maximum Gasteiger partial charge on any atom is 0.263 e. The van der Waals surface area contributed by atoms with Crippen molar-refractivity contribution in [2.24, 2.45) is 5.41 Å². The van der Waals surface area contributed by atoms with Crippen molar-refractivity contribution in [3.63, 3.8) is 0 Å². The molecule has 0 unspecified atom stereocenters. The summed E-state index contributed by atoms with van der Waals surface area (Å²) in [6.45, 7) is 12.1. The van der Waals surface area contributed by atoms with E-state index >= 15 is 0 Å². The number of thiazole rings is 1. The number of aliphatic hydroxyl groups excluding tert-OH is 1. The number of ketones is 1. The summed E-state index contributed by atoms with van der Waals surface area (Å²) in [7, 11) is 0. The predicted octanol–water partition coefficient (Wildman–Crippen LogP) is 4.34. The Morgan fingerprint density at radius 3 is 2.25 bits per heavy atom. The molecule has 0 bridgehead atoms. The van der Waals surface area contributed by atoms with Crippen molar-refractivity contribution in [1.29, 1.82) is 0 Å². The lowest BCUT2D eigenvalue weighted by atomic mass is 9.85. The molecule has 5 N–H and O–H groups in total. The van der Waals surface area contributed by atoms with Gasteiger partial charge in [0.15, 0.2) is 5.78 Å². The molecule has 3 aliphatic rings. The number of aliphatic hydroxyl groups is 1. The molecule has 5 aromatic rings. The fourth-order valence-electron chi connectivity index (χ4n) is 9.92. The van der Waals surface area contributed by atoms with Crippen LogP contribution >= 0.6 is 11.3 Å². The summed E-state index contributed by atoms with van der Waals surface area (Å²) in [6, 6.07) is 9.43. The minimum Gasteiger partial charge on any atom is -0.391 e. The van der Waals surface area contributed by atoms with Crippen LogP contribution in [0.2, 0.25) is 0 Å². The van der Waals surface area contributed by atoms with E-state index in [4.69, 9.17) is 4.98 Å². The molecule has 20 nitrogen and oxygen atoms in total. The van der Waals surface area contributed by atoms with Crippen molar-refractivity contribution >= 4 is 75.1 Å². The van der Waals surface area contributed by atoms with E-state index < -0.39 is 53.8 Å². The molecule has 1 aromatic carbocycles. The van der Waals surface area contributed by atoms with Gasteiger partial charge in [-0.2, -0.15) is 4.98 Å². The molecule has 73 heavy (non-hydrogen) atoms. The molecule has 3 atom stereocenters. The summed E-state index contributed by atoms with van der Waals surface area (Å²) in [4.78, 5) is 117. The quantitative estimate of drug-likeness (QED) is 0.0863. The summed E-state index contributed by atoms with van der Waals surface area (Å²) in [5.74, 6) is -1.76. The van der Waals surface area contributed by atoms with Gasteiger partial charge in [0.2, 0.25) is 35.5 Å². The third kappa shape index (κ3) is 12.1. The van der Waals surface area contributed by atoms with Gasteiger partial charge in [0.1, 0.15) is 23.5 Å². The van der Waals surface area contributed by atoms with Crippen LogP contribution < -0.4 is 31.7 Å². The molecule has 5 amide bonds. The topological polar surface area (TPSA) is 254 Å². The highest BCUT2D eigenvalue weighted by atomic mass is 32.1. The second kappa shape index (κ2) is 22.3. The SMILES string of the molecule is CC(=O)c1c(C)c2cnc(Nc3ccc(N4CCN(C(=O)CCC(=O)NCC(=O)N[C@H](C(=O)N5C[C@H](O)C[C@H]5C(=O)NCc5ccc(-c6scnc6C)cc5)C(C)(C)C)CC4)cn3)nc2n(C2CCCC2)c1=O. The van der Waals surface area contributed by atoms with E-state index in [-0.39, 0.29) is 67.2 Å². The van der Waals surface area contributed by atoms with Crippen LogP contribution in [0.1, 0.15) is 106 Å². The third-order valence-electron chi connectivity index (χ3n) is 14.0. The Labute approximate surface area is 427 Å². The van der Waals surface area contributed by atoms with E-state index in [1.165, 1.54) is 11.8 Å². The van der Waals surface area contributed by atoms with Crippen LogP contribution in [0.5, 0.6) is 0 Å². The van der Waals surface area contributed by atoms with Crippen LogP contribution in [-0.2, 0) is 30.5 Å². The Kier molecular flexibility index (Phi) is 16.0. The monoisotopic (exact) mass is 1020 g/mol. The number of rotatable bonds is 16. The van der Waals surface area contributed by atoms with E-state index in [0.717, 1.165) is 53.1 Å². The Balaban J connectivity index is 0.775. The second-order valence-corrected chi connectivity index (χ2v) is 21.1. The third-order valence-corrected chi connectivity index (χ3v) is 14.9. The molecule has 8 rings (SSSR count). The number of anilines is 3. The van der Waals surface area contributed by atoms with Gasteiger partial charge in [0, 0.05) is 76.2 Å². The number of piperazine rings is 1. The van der Waals surface area contributed by atoms with Gasteiger partial charge in [-0.05, 0) is 67.9 Å². The lowest BCUT2D eigenvalue weighted by Gasteiger charge is -2.36. The molecule has 2 saturated heterocycles. The highest BCUT2D eigenvalue weighted by molar-refractivity contribution is 7.13. The molecule has 1 saturated carbocycles. The van der Waals surface area contributed by atoms with E-state index in [1.807, 2.05) is 37.3 Å². The number of pyridine rings is 2. The van der Waals surface area contributed by atoms with Gasteiger partial charge < -0.3 is 41.1 Å². The smallest absolute Gasteiger partial charge is 0.263 e. The molecule has 21 heteroatoms. The number of carbonyl (C=O) groups is 6. The van der Waals surface area contributed by atoms with Crippen LogP contribution in [0.4, 0.5) is 17.5 Å². The number of hydrogen-bond acceptors (Lipinski definition) is 15. The fraction of sp³-hybridized carbons (Fsp3) is 0.481. The molecule has 2 aliphatic heterocycles. The maximum absolute atomic E-state index is 14.1. The fourth-order valence-corrected chi connectivity index (χ4v) is 10.7. The first-order chi connectivity index (χ1) is 34.9. The number of aromatic nitrogens is 5. The number of Topliss-reactive ketones (excluding diaryl/α,β-unsaturated/α-hetero) is 1. The summed E-state index contributed by atoms with van der Waals surface area (Å²) < 4.78 is 1.67. The minimum absolute atomic E-state index is 0.0402. The van der Waals surface area contributed by atoms with Crippen molar-refractivity contribution in [2.75, 3.05) is 49.5 Å². The lowest BCUT2D eigenvalue weighted by molar-refractivity contribution is -0.144. The van der Waals surface area contributed by atoms with Crippen molar-refractivity contribution in [3.05, 3.63) is 87.0 Å². The average molecular weight is 1020 g/mol. The second-order valence-electron chi connectivity index (χ2n) is 20.2. The summed E-state index contributed by atoms with van der Waals surface area (Å²) in [5.41, 5.74) is 5.61. The summed E-state index contributed by atoms with van der Waals surface area (Å²) in [6.07, 6.45) is 5.98. The Morgan fingerprint density at radius 2 is 1.60 bits per heavy atom. The zero-order valence-corrected chi connectivity index (χ0v) is 43.0. The van der Waals surface area contributed by atoms with Crippen LogP contribution in [0.3, 0.4) is 0 Å². The van der Waals surface area contributed by atoms with Crippen LogP contribution in [0, 0.1) is 19.3 Å². The normalized spacial score (nSPS) is 17.7. The van der Waals surface area contributed by atoms with Gasteiger partial charge in [-0.3, -0.25) is 38.1 Å². The molecule has 386 valence electrons. The first kappa shape index (κ1) is 52.2. The average Bonchev–Trinajstić information content (AvgIpc) is 4.15. The summed E-state index contributed by atoms with van der Waals surface area (Å²) >= 11 is 1.55. The Morgan fingerprint density at radius 1 is 0.877 bits per heavy atom. The number of nitrogens with one attached hydrogen (secondary N) is 4. The highest BCUT2D eigenvalue weighted by Gasteiger charge is 2.44. The molecular weight excluding hydrogens is 953 g/mol. The van der Waals surface area contributed by atoms with Gasteiger partial charge in [-0.1, -0.05) is 57.9 Å². The number of nitrogens with zero attached hydrogens (tertiary/aromatic N) is 8.